The van der Waals surface area contributed by atoms with E-state index in [-0.39, 0.29) is 27.1 Å². The molecule has 3 heterocycles. The number of thiophene rings is 2. The second-order valence-corrected chi connectivity index (χ2v) is 23.6. The third-order valence-corrected chi connectivity index (χ3v) is 15.5. The zero-order valence-corrected chi connectivity index (χ0v) is 39.3. The predicted octanol–water partition coefficient (Wildman–Crippen LogP) is 16.7. The molecule has 5 aromatic carbocycles. The second-order valence-electron chi connectivity index (χ2n) is 21.5. The van der Waals surface area contributed by atoms with Crippen LogP contribution in [0, 0.1) is 5.41 Å². The van der Waals surface area contributed by atoms with Gasteiger partial charge in [-0.05, 0) is 128 Å². The van der Waals surface area contributed by atoms with E-state index in [1.54, 1.807) is 0 Å². The summed E-state index contributed by atoms with van der Waals surface area (Å²) in [6.07, 6.45) is 3.45. The number of hydrogen-bond donors (Lipinski definition) is 0. The lowest BCUT2D eigenvalue weighted by Crippen LogP contribution is -2.29. The Labute approximate surface area is 364 Å². The van der Waals surface area contributed by atoms with Gasteiger partial charge in [0, 0.05) is 51.7 Å². The molecule has 0 spiro atoms. The first-order chi connectivity index (χ1) is 28.1. The van der Waals surface area contributed by atoms with Crippen molar-refractivity contribution < 1.29 is 4.42 Å². The third kappa shape index (κ3) is 7.06. The van der Waals surface area contributed by atoms with E-state index in [0.717, 1.165) is 23.1 Å². The fraction of sp³-hybridized carbons (Fsp3) is 0.345. The van der Waals surface area contributed by atoms with Crippen LogP contribution in [0.25, 0.3) is 70.4 Å². The smallest absolute Gasteiger partial charge is 0.248 e. The minimum Gasteiger partial charge on any atom is -0.416 e. The Morgan fingerprint density at radius 1 is 0.533 bits per heavy atom. The molecule has 0 bridgehead atoms. The highest BCUT2D eigenvalue weighted by Crippen LogP contribution is 2.54. The fourth-order valence-corrected chi connectivity index (χ4v) is 11.3. The summed E-state index contributed by atoms with van der Waals surface area (Å²) in [6.45, 7) is 30.2. The Hall–Kier alpha value is -4.84. The molecule has 0 fully saturated rings. The van der Waals surface area contributed by atoms with Gasteiger partial charge in [0.1, 0.15) is 0 Å². The van der Waals surface area contributed by atoms with Gasteiger partial charge in [-0.25, -0.2) is 0 Å². The number of fused-ring (bicyclic) bond motifs is 6. The molecule has 0 aliphatic heterocycles. The Balaban J connectivity index is 1.10. The van der Waals surface area contributed by atoms with E-state index in [1.807, 2.05) is 22.7 Å². The maximum absolute atomic E-state index is 6.59. The Morgan fingerprint density at radius 3 is 1.70 bits per heavy atom. The molecule has 0 radical (unpaired) electrons. The summed E-state index contributed by atoms with van der Waals surface area (Å²) >= 11 is 3.83. The van der Waals surface area contributed by atoms with Crippen LogP contribution in [0.1, 0.15) is 129 Å². The fourth-order valence-electron chi connectivity index (χ4n) is 8.80. The van der Waals surface area contributed by atoms with Gasteiger partial charge < -0.3 is 4.42 Å². The molecule has 3 nitrogen and oxygen atoms in total. The van der Waals surface area contributed by atoms with Crippen molar-refractivity contribution in [2.45, 2.75) is 118 Å². The Kier molecular flexibility index (Phi) is 9.36. The van der Waals surface area contributed by atoms with Gasteiger partial charge in [0.25, 0.3) is 0 Å². The quantitative estimate of drug-likeness (QED) is 0.177. The van der Waals surface area contributed by atoms with Crippen molar-refractivity contribution in [2.24, 2.45) is 5.41 Å². The van der Waals surface area contributed by atoms with Crippen LogP contribution in [0.3, 0.4) is 0 Å². The van der Waals surface area contributed by atoms with Crippen molar-refractivity contribution in [1.82, 2.24) is 10.2 Å². The summed E-state index contributed by atoms with van der Waals surface area (Å²) in [6, 6.07) is 36.4. The van der Waals surface area contributed by atoms with Crippen molar-refractivity contribution in [3.8, 4) is 34.0 Å². The van der Waals surface area contributed by atoms with Crippen LogP contribution in [0.4, 0.5) is 0 Å². The average Bonchev–Trinajstić information content (AvgIpc) is 3.92. The van der Waals surface area contributed by atoms with Gasteiger partial charge in [-0.2, -0.15) is 0 Å². The largest absolute Gasteiger partial charge is 0.416 e. The molecule has 0 saturated carbocycles. The molecule has 0 N–H and O–H groups in total. The highest BCUT2D eigenvalue weighted by atomic mass is 32.1. The summed E-state index contributed by atoms with van der Waals surface area (Å²) in [5, 5.41) is 13.3. The number of aromatic nitrogens is 2. The van der Waals surface area contributed by atoms with Crippen molar-refractivity contribution in [3.63, 3.8) is 0 Å². The lowest BCUT2D eigenvalue weighted by Gasteiger charge is -2.39. The molecular weight excluding hydrogens is 769 g/mol. The number of hydrogen-bond acceptors (Lipinski definition) is 5. The zero-order chi connectivity index (χ0) is 42.7. The Morgan fingerprint density at radius 2 is 1.08 bits per heavy atom. The molecule has 3 aromatic heterocycles. The lowest BCUT2D eigenvalue weighted by molar-refractivity contribution is 0.438. The van der Waals surface area contributed by atoms with E-state index in [2.05, 4.69) is 203 Å². The molecule has 1 unspecified atom stereocenters. The molecule has 0 saturated heterocycles. The standard InChI is InChI=1S/C55H58N2OS2/c1-51(2,3)35-20-22-45-41(26-35)43-29-38(53(7,8)9)28-40(47(43)59-45)32-16-14-17-33(24-32)49-56-57-50(58-49)34-18-15-19-37(25-34)55(13)31-39(54(10,11)12)30-44-42-27-36(52(4,5)6)21-23-46(42)60-48(44)55/h14-30H,31H2,1-13H3. The van der Waals surface area contributed by atoms with Crippen LogP contribution in [0.2, 0.25) is 0 Å². The molecule has 5 heteroatoms. The third-order valence-electron chi connectivity index (χ3n) is 12.8. The minimum atomic E-state index is -0.223. The summed E-state index contributed by atoms with van der Waals surface area (Å²) in [5.74, 6) is 1.06. The van der Waals surface area contributed by atoms with Gasteiger partial charge in [0.2, 0.25) is 11.8 Å². The predicted molar refractivity (Wildman–Crippen MR) is 260 cm³/mol. The summed E-state index contributed by atoms with van der Waals surface area (Å²) < 4.78 is 10.6. The molecule has 1 aliphatic carbocycles. The monoisotopic (exact) mass is 826 g/mol. The summed E-state index contributed by atoms with van der Waals surface area (Å²) in [5.41, 5.74) is 12.4. The number of rotatable bonds is 4. The molecule has 1 aliphatic rings. The van der Waals surface area contributed by atoms with Crippen molar-refractivity contribution in [2.75, 3.05) is 0 Å². The normalized spacial score (nSPS) is 16.5. The average molecular weight is 827 g/mol. The van der Waals surface area contributed by atoms with E-state index in [1.165, 1.54) is 74.1 Å². The van der Waals surface area contributed by atoms with E-state index in [0.29, 0.717) is 11.8 Å². The lowest BCUT2D eigenvalue weighted by atomic mass is 9.66. The number of benzene rings is 5. The van der Waals surface area contributed by atoms with Crippen LogP contribution in [-0.4, -0.2) is 10.2 Å². The zero-order valence-electron chi connectivity index (χ0n) is 37.6. The van der Waals surface area contributed by atoms with Crippen molar-refractivity contribution in [1.29, 1.82) is 0 Å². The SMILES string of the molecule is CC(C)(C)C1=Cc2c(sc3ccc(C(C)(C)C)cc23)C(C)(c2cccc(-c3nnc(-c4cccc(-c5cc(C(C)(C)C)cc6c5sc5ccc(C(C)(C)C)cc56)c4)o3)c2)C1. The molecule has 1 atom stereocenters. The highest BCUT2D eigenvalue weighted by molar-refractivity contribution is 7.26. The molecule has 0 amide bonds. The van der Waals surface area contributed by atoms with Crippen LogP contribution in [0.15, 0.2) is 107 Å². The van der Waals surface area contributed by atoms with Gasteiger partial charge in [-0.15, -0.1) is 32.9 Å². The van der Waals surface area contributed by atoms with Crippen LogP contribution < -0.4 is 0 Å². The second kappa shape index (κ2) is 13.8. The van der Waals surface area contributed by atoms with E-state index >= 15 is 0 Å². The highest BCUT2D eigenvalue weighted by Gasteiger charge is 2.40. The number of allylic oxidation sites excluding steroid dienone is 1. The first kappa shape index (κ1) is 40.6. The summed E-state index contributed by atoms with van der Waals surface area (Å²) in [4.78, 5) is 1.43. The van der Waals surface area contributed by atoms with Crippen molar-refractivity contribution >= 4 is 59.0 Å². The minimum absolute atomic E-state index is 0.0139. The molecular formula is C55H58N2OS2. The van der Waals surface area contributed by atoms with Crippen LogP contribution in [-0.2, 0) is 21.7 Å². The number of nitrogens with zero attached hydrogens (tertiary/aromatic N) is 2. The van der Waals surface area contributed by atoms with Crippen molar-refractivity contribution in [3.05, 3.63) is 135 Å². The van der Waals surface area contributed by atoms with Gasteiger partial charge in [-0.1, -0.05) is 138 Å². The molecule has 306 valence electrons. The maximum atomic E-state index is 6.59. The first-order valence-electron chi connectivity index (χ1n) is 21.4. The van der Waals surface area contributed by atoms with E-state index in [9.17, 15) is 0 Å². The molecule has 60 heavy (non-hydrogen) atoms. The van der Waals surface area contributed by atoms with Gasteiger partial charge in [-0.3, -0.25) is 0 Å². The van der Waals surface area contributed by atoms with Crippen LogP contribution in [0.5, 0.6) is 0 Å². The van der Waals surface area contributed by atoms with Gasteiger partial charge in [0.05, 0.1) is 0 Å². The topological polar surface area (TPSA) is 38.9 Å². The molecule has 9 rings (SSSR count). The van der Waals surface area contributed by atoms with Crippen LogP contribution >= 0.6 is 22.7 Å². The first-order valence-corrected chi connectivity index (χ1v) is 23.1. The maximum Gasteiger partial charge on any atom is 0.248 e. The summed E-state index contributed by atoms with van der Waals surface area (Å²) in [7, 11) is 0. The van der Waals surface area contributed by atoms with Gasteiger partial charge in [0.15, 0.2) is 0 Å². The molecule has 8 aromatic rings. The Bertz CT molecular complexity index is 3010. The van der Waals surface area contributed by atoms with E-state index in [4.69, 9.17) is 4.42 Å². The van der Waals surface area contributed by atoms with Gasteiger partial charge >= 0.3 is 0 Å². The van der Waals surface area contributed by atoms with E-state index < -0.39 is 0 Å².